The summed E-state index contributed by atoms with van der Waals surface area (Å²) in [6.45, 7) is 1.71. The lowest BCUT2D eigenvalue weighted by atomic mass is 9.92. The number of amides is 1. The first-order valence-electron chi connectivity index (χ1n) is 11.3. The van der Waals surface area contributed by atoms with Gasteiger partial charge in [0, 0.05) is 27.5 Å². The van der Waals surface area contributed by atoms with Crippen molar-refractivity contribution in [1.82, 2.24) is 13.9 Å². The first-order valence-corrected chi connectivity index (χ1v) is 14.3. The maximum atomic E-state index is 14.1. The number of carboxylic acids is 1. The smallest absolute Gasteiger partial charge is 0.322 e. The molecule has 3 heterocycles. The Bertz CT molecular complexity index is 1510. The minimum Gasteiger partial charge on any atom is -0.480 e. The van der Waals surface area contributed by atoms with E-state index >= 15 is 0 Å². The Morgan fingerprint density at radius 1 is 1.19 bits per heavy atom. The number of sulfonamides is 1. The summed E-state index contributed by atoms with van der Waals surface area (Å²) in [6.07, 6.45) is 1.95. The number of carbonyl (C=O) groups is 2. The molecule has 1 aromatic heterocycles. The normalized spacial score (nSPS) is 22.0. The molecule has 0 bridgehead atoms. The van der Waals surface area contributed by atoms with Gasteiger partial charge in [0.05, 0.1) is 11.9 Å². The van der Waals surface area contributed by atoms with Crippen molar-refractivity contribution in [1.29, 1.82) is 0 Å². The van der Waals surface area contributed by atoms with Gasteiger partial charge >= 0.3 is 5.97 Å². The Morgan fingerprint density at radius 2 is 1.84 bits per heavy atom. The predicted octanol–water partition coefficient (Wildman–Crippen LogP) is 4.83. The van der Waals surface area contributed by atoms with Crippen LogP contribution in [0.1, 0.15) is 25.3 Å². The Kier molecular flexibility index (Phi) is 6.64. The monoisotopic (exact) mass is 626 g/mol. The first-order chi connectivity index (χ1) is 17.4. The summed E-state index contributed by atoms with van der Waals surface area (Å²) in [6, 6.07) is 10.8. The molecule has 37 heavy (non-hydrogen) atoms. The second-order valence-electron chi connectivity index (χ2n) is 9.19. The second-order valence-corrected chi connectivity index (χ2v) is 12.8. The number of aliphatic carboxylic acids is 1. The Balaban J connectivity index is 1.70. The molecule has 1 N–H and O–H groups in total. The quantitative estimate of drug-likeness (QED) is 0.419. The molecule has 1 saturated heterocycles. The van der Waals surface area contributed by atoms with E-state index in [0.29, 0.717) is 22.2 Å². The number of hydrogen-bond acceptors (Lipinski definition) is 5. The van der Waals surface area contributed by atoms with Crippen molar-refractivity contribution in [3.8, 4) is 0 Å². The molecule has 1 amide bonds. The van der Waals surface area contributed by atoms with E-state index in [1.54, 1.807) is 19.1 Å². The highest BCUT2D eigenvalue weighted by Crippen LogP contribution is 2.45. The average molecular weight is 628 g/mol. The molecular weight excluding hydrogens is 607 g/mol. The summed E-state index contributed by atoms with van der Waals surface area (Å²) < 4.78 is 30.9. The van der Waals surface area contributed by atoms with Gasteiger partial charge in [0.1, 0.15) is 11.6 Å². The molecule has 0 saturated carbocycles. The van der Waals surface area contributed by atoms with E-state index in [0.717, 1.165) is 14.3 Å². The molecule has 2 aliphatic heterocycles. The minimum absolute atomic E-state index is 0.0603. The number of hydrogen-bond donors (Lipinski definition) is 1. The van der Waals surface area contributed by atoms with Crippen LogP contribution in [0.15, 0.2) is 58.2 Å². The minimum atomic E-state index is -4.32. The predicted molar refractivity (Wildman–Crippen MR) is 142 cm³/mol. The van der Waals surface area contributed by atoms with Crippen molar-refractivity contribution in [2.45, 2.75) is 42.8 Å². The summed E-state index contributed by atoms with van der Waals surface area (Å²) in [5.41, 5.74) is -0.282. The molecule has 5 rings (SSSR count). The van der Waals surface area contributed by atoms with Crippen LogP contribution in [0.25, 0.3) is 0 Å². The topological polar surface area (TPSA) is 113 Å². The van der Waals surface area contributed by atoms with Crippen LogP contribution in [0.2, 0.25) is 10.0 Å². The van der Waals surface area contributed by atoms with Crippen molar-refractivity contribution in [3.63, 3.8) is 0 Å². The number of imidazole rings is 1. The Hall–Kier alpha value is -2.44. The highest BCUT2D eigenvalue weighted by atomic mass is 79.9. The molecular formula is C24H21BrCl2N4O5S. The van der Waals surface area contributed by atoms with Gasteiger partial charge in [-0.05, 0) is 55.7 Å². The van der Waals surface area contributed by atoms with E-state index in [4.69, 9.17) is 23.2 Å². The van der Waals surface area contributed by atoms with Crippen LogP contribution in [-0.2, 0) is 31.6 Å². The summed E-state index contributed by atoms with van der Waals surface area (Å²) in [5, 5.41) is 9.96. The van der Waals surface area contributed by atoms with Gasteiger partial charge in [-0.25, -0.2) is 18.3 Å². The van der Waals surface area contributed by atoms with Gasteiger partial charge in [0.15, 0.2) is 5.03 Å². The van der Waals surface area contributed by atoms with E-state index in [9.17, 15) is 23.1 Å². The van der Waals surface area contributed by atoms with Gasteiger partial charge in [-0.2, -0.15) is 4.31 Å². The third-order valence-electron chi connectivity index (χ3n) is 6.70. The average Bonchev–Trinajstić information content (AvgIpc) is 3.52. The van der Waals surface area contributed by atoms with Gasteiger partial charge in [-0.1, -0.05) is 51.3 Å². The molecule has 3 aromatic rings. The summed E-state index contributed by atoms with van der Waals surface area (Å²) in [5.74, 6) is -1.57. The fourth-order valence-corrected chi connectivity index (χ4v) is 7.63. The lowest BCUT2D eigenvalue weighted by Gasteiger charge is -2.28. The van der Waals surface area contributed by atoms with Gasteiger partial charge in [0.25, 0.3) is 15.9 Å². The standard InChI is InChI=1S/C24H21BrCl2N4O5S/c1-24(12-14-4-6-15(25)7-5-14)22(34)30(18-10-16(26)9-17(27)11-18)23-28-13-20(31(23)24)37(35,36)29-8-2-3-19(29)21(32)33/h4-7,9-11,13,19H,2-3,8,12H2,1H3,(H,32,33). The molecule has 194 valence electrons. The highest BCUT2D eigenvalue weighted by molar-refractivity contribution is 9.10. The van der Waals surface area contributed by atoms with Crippen molar-refractivity contribution in [3.05, 3.63) is 68.7 Å². The number of carboxylic acid groups (broad SMARTS) is 1. The molecule has 0 radical (unpaired) electrons. The largest absolute Gasteiger partial charge is 0.480 e. The first kappa shape index (κ1) is 26.2. The molecule has 2 atom stereocenters. The van der Waals surface area contributed by atoms with Gasteiger partial charge in [-0.15, -0.1) is 0 Å². The van der Waals surface area contributed by atoms with Crippen LogP contribution < -0.4 is 4.90 Å². The maximum Gasteiger partial charge on any atom is 0.322 e. The van der Waals surface area contributed by atoms with E-state index in [1.807, 2.05) is 24.3 Å². The second kappa shape index (κ2) is 9.39. The number of carbonyl (C=O) groups excluding carboxylic acids is 1. The van der Waals surface area contributed by atoms with Gasteiger partial charge < -0.3 is 5.11 Å². The fourth-order valence-electron chi connectivity index (χ4n) is 5.01. The van der Waals surface area contributed by atoms with Crippen molar-refractivity contribution < 1.29 is 23.1 Å². The molecule has 2 aliphatic rings. The molecule has 9 nitrogen and oxygen atoms in total. The van der Waals surface area contributed by atoms with Crippen molar-refractivity contribution in [2.24, 2.45) is 0 Å². The van der Waals surface area contributed by atoms with E-state index < -0.39 is 33.5 Å². The van der Waals surface area contributed by atoms with E-state index in [1.165, 1.54) is 21.7 Å². The van der Waals surface area contributed by atoms with Crippen LogP contribution >= 0.6 is 39.1 Å². The zero-order valence-corrected chi connectivity index (χ0v) is 23.4. The number of rotatable bonds is 6. The SMILES string of the molecule is CC1(Cc2ccc(Br)cc2)C(=O)N(c2cc(Cl)cc(Cl)c2)c2ncc(S(=O)(=O)N3CCCC3C(=O)O)n21. The van der Waals surface area contributed by atoms with E-state index in [2.05, 4.69) is 20.9 Å². The summed E-state index contributed by atoms with van der Waals surface area (Å²) in [7, 11) is -4.32. The van der Waals surface area contributed by atoms with Crippen LogP contribution in [0.3, 0.4) is 0 Å². The number of nitrogens with zero attached hydrogens (tertiary/aromatic N) is 4. The van der Waals surface area contributed by atoms with Crippen LogP contribution in [0.5, 0.6) is 0 Å². The number of fused-ring (bicyclic) bond motifs is 1. The molecule has 0 spiro atoms. The number of aromatic nitrogens is 2. The van der Waals surface area contributed by atoms with Crippen LogP contribution in [0.4, 0.5) is 11.6 Å². The Morgan fingerprint density at radius 3 is 2.46 bits per heavy atom. The summed E-state index contributed by atoms with van der Waals surface area (Å²) >= 11 is 15.8. The fraction of sp³-hybridized carbons (Fsp3) is 0.292. The van der Waals surface area contributed by atoms with Crippen molar-refractivity contribution >= 4 is 72.7 Å². The van der Waals surface area contributed by atoms with Gasteiger partial charge in [0.2, 0.25) is 5.95 Å². The number of benzene rings is 2. The Labute approximate surface area is 231 Å². The maximum absolute atomic E-state index is 14.1. The van der Waals surface area contributed by atoms with Crippen LogP contribution in [-0.4, -0.2) is 51.8 Å². The molecule has 0 aliphatic carbocycles. The summed E-state index contributed by atoms with van der Waals surface area (Å²) in [4.78, 5) is 31.5. The number of anilines is 2. The van der Waals surface area contributed by atoms with Crippen molar-refractivity contribution in [2.75, 3.05) is 11.4 Å². The molecule has 2 unspecified atom stereocenters. The lowest BCUT2D eigenvalue weighted by Crippen LogP contribution is -2.45. The zero-order valence-electron chi connectivity index (χ0n) is 19.4. The van der Waals surface area contributed by atoms with Gasteiger partial charge in [-0.3, -0.25) is 14.2 Å². The number of halogens is 3. The highest BCUT2D eigenvalue weighted by Gasteiger charge is 2.53. The molecule has 13 heteroatoms. The van der Waals surface area contributed by atoms with E-state index in [-0.39, 0.29) is 30.4 Å². The zero-order chi connectivity index (χ0) is 26.7. The van der Waals surface area contributed by atoms with Crippen LogP contribution in [0, 0.1) is 0 Å². The lowest BCUT2D eigenvalue weighted by molar-refractivity contribution is -0.140. The third-order valence-corrected chi connectivity index (χ3v) is 9.53. The molecule has 2 aromatic carbocycles. The third kappa shape index (κ3) is 4.36. The molecule has 1 fully saturated rings.